The van der Waals surface area contributed by atoms with Crippen molar-refractivity contribution in [2.45, 2.75) is 38.2 Å². The van der Waals surface area contributed by atoms with Crippen LogP contribution >= 0.6 is 0 Å². The number of benzene rings is 2. The van der Waals surface area contributed by atoms with Gasteiger partial charge in [-0.15, -0.1) is 0 Å². The smallest absolute Gasteiger partial charge is 0.253 e. The number of carbonyl (C=O) groups excluding carboxylic acids is 1. The molecule has 7 nitrogen and oxygen atoms in total. The van der Waals surface area contributed by atoms with Crippen LogP contribution in [0.2, 0.25) is 0 Å². The Kier molecular flexibility index (Phi) is 5.64. The molecule has 4 heterocycles. The highest BCUT2D eigenvalue weighted by Gasteiger charge is 2.37. The Labute approximate surface area is 214 Å². The summed E-state index contributed by atoms with van der Waals surface area (Å²) in [6.07, 6.45) is 2.40. The molecule has 0 saturated carbocycles. The van der Waals surface area contributed by atoms with E-state index in [2.05, 4.69) is 28.7 Å². The molecule has 1 fully saturated rings. The van der Waals surface area contributed by atoms with Crippen LogP contribution in [0.3, 0.4) is 0 Å². The van der Waals surface area contributed by atoms with Crippen LogP contribution in [0.4, 0.5) is 15.9 Å². The molecule has 0 radical (unpaired) electrons. The normalized spacial score (nSPS) is 17.3. The predicted molar refractivity (Wildman–Crippen MR) is 140 cm³/mol. The number of fused-ring (bicyclic) bond motifs is 2. The van der Waals surface area contributed by atoms with Crippen LogP contribution in [-0.2, 0) is 5.41 Å². The third-order valence-electron chi connectivity index (χ3n) is 7.41. The Morgan fingerprint density at radius 1 is 1.05 bits per heavy atom. The van der Waals surface area contributed by atoms with Gasteiger partial charge in [0.1, 0.15) is 17.7 Å². The van der Waals surface area contributed by atoms with Gasteiger partial charge in [-0.1, -0.05) is 26.0 Å². The van der Waals surface area contributed by atoms with Gasteiger partial charge in [0.25, 0.3) is 5.91 Å². The first-order chi connectivity index (χ1) is 17.8. The molecule has 4 aromatic rings. The number of hydrogen-bond donors (Lipinski definition) is 1. The third kappa shape index (κ3) is 4.21. The molecule has 2 aromatic heterocycles. The number of amides is 1. The number of aliphatic hydroxyl groups is 1. The van der Waals surface area contributed by atoms with Crippen LogP contribution in [0.5, 0.6) is 0 Å². The summed E-state index contributed by atoms with van der Waals surface area (Å²) >= 11 is 0. The van der Waals surface area contributed by atoms with Crippen LogP contribution in [0.15, 0.2) is 60.9 Å². The van der Waals surface area contributed by atoms with Crippen molar-refractivity contribution in [1.29, 1.82) is 0 Å². The topological polar surface area (TPSA) is 82.5 Å². The Balaban J connectivity index is 1.38. The Morgan fingerprint density at radius 3 is 2.68 bits per heavy atom. The Hall–Kier alpha value is -3.91. The van der Waals surface area contributed by atoms with Crippen LogP contribution in [-0.4, -0.2) is 56.6 Å². The van der Waals surface area contributed by atoms with Gasteiger partial charge in [-0.3, -0.25) is 4.79 Å². The van der Waals surface area contributed by atoms with Gasteiger partial charge < -0.3 is 14.9 Å². The van der Waals surface area contributed by atoms with E-state index in [1.54, 1.807) is 17.0 Å². The number of likely N-dealkylation sites (tertiary alicyclic amines) is 1. The molecule has 0 bridgehead atoms. The summed E-state index contributed by atoms with van der Waals surface area (Å²) < 4.78 is 14.1. The third-order valence-corrected chi connectivity index (χ3v) is 7.41. The molecule has 2 aliphatic rings. The molecule has 188 valence electrons. The summed E-state index contributed by atoms with van der Waals surface area (Å²) in [5, 5.41) is 9.78. The molecule has 6 rings (SSSR count). The lowest BCUT2D eigenvalue weighted by Gasteiger charge is -2.29. The molecule has 0 atom stereocenters. The van der Waals surface area contributed by atoms with E-state index in [4.69, 9.17) is 4.98 Å². The Morgan fingerprint density at radius 2 is 1.86 bits per heavy atom. The molecule has 0 aliphatic carbocycles. The largest absolute Gasteiger partial charge is 0.393 e. The molecule has 2 aromatic carbocycles. The molecular weight excluding hydrogens is 469 g/mol. The molecule has 2 aliphatic heterocycles. The van der Waals surface area contributed by atoms with E-state index < -0.39 is 0 Å². The lowest BCUT2D eigenvalue weighted by molar-refractivity contribution is 0.0546. The summed E-state index contributed by atoms with van der Waals surface area (Å²) in [6, 6.07) is 16.2. The number of piperidine rings is 1. The minimum Gasteiger partial charge on any atom is -0.393 e. The van der Waals surface area contributed by atoms with Crippen molar-refractivity contribution in [3.05, 3.63) is 77.9 Å². The first kappa shape index (κ1) is 23.5. The van der Waals surface area contributed by atoms with E-state index in [0.29, 0.717) is 60.6 Å². The standard InChI is InChI=1S/C29H28FN5O2/c1-29(2)16-35(25-9-6-20(30)15-22(25)29)27-26-24(31-17-32-27)8-7-23(33-26)18-4-3-5-19(14-18)28(37)34-12-10-21(36)11-13-34/h3-9,14-15,17,21,36H,10-13,16H2,1-2H3. The van der Waals surface area contributed by atoms with Crippen molar-refractivity contribution in [2.24, 2.45) is 0 Å². The summed E-state index contributed by atoms with van der Waals surface area (Å²) in [5.74, 6) is 0.378. The quantitative estimate of drug-likeness (QED) is 0.436. The number of carbonyl (C=O) groups is 1. The minimum absolute atomic E-state index is 0.0401. The first-order valence-corrected chi connectivity index (χ1v) is 12.6. The highest BCUT2D eigenvalue weighted by atomic mass is 19.1. The van der Waals surface area contributed by atoms with Gasteiger partial charge in [0.15, 0.2) is 5.82 Å². The number of pyridine rings is 1. The average molecular weight is 498 g/mol. The fraction of sp³-hybridized carbons (Fsp3) is 0.310. The Bertz CT molecular complexity index is 1510. The fourth-order valence-corrected chi connectivity index (χ4v) is 5.39. The van der Waals surface area contributed by atoms with E-state index in [1.165, 1.54) is 12.4 Å². The van der Waals surface area contributed by atoms with E-state index >= 15 is 0 Å². The number of aliphatic hydroxyl groups excluding tert-OH is 1. The number of anilines is 2. The van der Waals surface area contributed by atoms with Gasteiger partial charge >= 0.3 is 0 Å². The molecule has 8 heteroatoms. The van der Waals surface area contributed by atoms with Crippen molar-refractivity contribution in [3.8, 4) is 11.3 Å². The monoisotopic (exact) mass is 497 g/mol. The van der Waals surface area contributed by atoms with Gasteiger partial charge in [-0.2, -0.15) is 0 Å². The molecule has 37 heavy (non-hydrogen) atoms. The van der Waals surface area contributed by atoms with Crippen molar-refractivity contribution in [2.75, 3.05) is 24.5 Å². The van der Waals surface area contributed by atoms with Gasteiger partial charge in [0, 0.05) is 41.9 Å². The predicted octanol–water partition coefficient (Wildman–Crippen LogP) is 4.86. The van der Waals surface area contributed by atoms with E-state index in [0.717, 1.165) is 16.8 Å². The second-order valence-corrected chi connectivity index (χ2v) is 10.5. The highest BCUT2D eigenvalue weighted by molar-refractivity contribution is 5.96. The molecule has 0 unspecified atom stereocenters. The zero-order valence-corrected chi connectivity index (χ0v) is 20.9. The van der Waals surface area contributed by atoms with Crippen LogP contribution in [0, 0.1) is 5.82 Å². The number of nitrogens with zero attached hydrogens (tertiary/aromatic N) is 5. The van der Waals surface area contributed by atoms with E-state index in [9.17, 15) is 14.3 Å². The van der Waals surface area contributed by atoms with Crippen LogP contribution < -0.4 is 4.90 Å². The highest BCUT2D eigenvalue weighted by Crippen LogP contribution is 2.45. The number of aromatic nitrogens is 3. The summed E-state index contributed by atoms with van der Waals surface area (Å²) in [7, 11) is 0. The molecule has 1 amide bonds. The van der Waals surface area contributed by atoms with Crippen molar-refractivity contribution < 1.29 is 14.3 Å². The molecule has 0 spiro atoms. The first-order valence-electron chi connectivity index (χ1n) is 12.6. The summed E-state index contributed by atoms with van der Waals surface area (Å²) in [6.45, 7) is 5.93. The lowest BCUT2D eigenvalue weighted by atomic mass is 9.87. The molecular formula is C29H28FN5O2. The van der Waals surface area contributed by atoms with Crippen LogP contribution in [0.25, 0.3) is 22.3 Å². The second-order valence-electron chi connectivity index (χ2n) is 10.5. The maximum Gasteiger partial charge on any atom is 0.253 e. The number of hydrogen-bond acceptors (Lipinski definition) is 6. The van der Waals surface area contributed by atoms with Crippen molar-refractivity contribution in [3.63, 3.8) is 0 Å². The number of halogens is 1. The fourth-order valence-electron chi connectivity index (χ4n) is 5.39. The maximum absolute atomic E-state index is 14.1. The maximum atomic E-state index is 14.1. The van der Waals surface area contributed by atoms with Gasteiger partial charge in [0.2, 0.25) is 0 Å². The van der Waals surface area contributed by atoms with E-state index in [-0.39, 0.29) is 23.2 Å². The van der Waals surface area contributed by atoms with Gasteiger partial charge in [-0.05, 0) is 60.9 Å². The van der Waals surface area contributed by atoms with Gasteiger partial charge in [-0.25, -0.2) is 19.3 Å². The van der Waals surface area contributed by atoms with Crippen molar-refractivity contribution >= 4 is 28.4 Å². The zero-order chi connectivity index (χ0) is 25.7. The summed E-state index contributed by atoms with van der Waals surface area (Å²) in [5.41, 5.74) is 5.08. The van der Waals surface area contributed by atoms with Gasteiger partial charge in [0.05, 0.1) is 17.3 Å². The van der Waals surface area contributed by atoms with Crippen molar-refractivity contribution in [1.82, 2.24) is 19.9 Å². The SMILES string of the molecule is CC1(C)CN(c2ncnc3ccc(-c4cccc(C(=O)N5CCC(O)CC5)c4)nc23)c2ccc(F)cc21. The average Bonchev–Trinajstić information content (AvgIpc) is 3.17. The zero-order valence-electron chi connectivity index (χ0n) is 20.9. The molecule has 1 N–H and O–H groups in total. The summed E-state index contributed by atoms with van der Waals surface area (Å²) in [4.78, 5) is 31.0. The second kappa shape index (κ2) is 8.88. The van der Waals surface area contributed by atoms with Crippen LogP contribution in [0.1, 0.15) is 42.6 Å². The number of rotatable bonds is 3. The lowest BCUT2D eigenvalue weighted by Crippen LogP contribution is -2.40. The minimum atomic E-state index is -0.333. The van der Waals surface area contributed by atoms with E-state index in [1.807, 2.05) is 36.4 Å². The molecule has 1 saturated heterocycles.